The van der Waals surface area contributed by atoms with Crippen LogP contribution in [0.4, 0.5) is 0 Å². The maximum Gasteiger partial charge on any atom is 0.255 e. The van der Waals surface area contributed by atoms with Gasteiger partial charge in [-0.1, -0.05) is 30.3 Å². The average Bonchev–Trinajstić information content (AvgIpc) is 2.91. The number of rotatable bonds is 12. The van der Waals surface area contributed by atoms with Crippen LogP contribution in [0, 0.1) is 0 Å². The van der Waals surface area contributed by atoms with E-state index in [9.17, 15) is 13.2 Å². The van der Waals surface area contributed by atoms with Crippen LogP contribution in [0.15, 0.2) is 82.8 Å². The highest BCUT2D eigenvalue weighted by atomic mass is 32.2. The zero-order valence-corrected chi connectivity index (χ0v) is 21.2. The molecule has 0 atom stereocenters. The second kappa shape index (κ2) is 12.7. The Morgan fingerprint density at radius 1 is 0.917 bits per heavy atom. The van der Waals surface area contributed by atoms with Crippen molar-refractivity contribution in [2.45, 2.75) is 11.3 Å². The fourth-order valence-electron chi connectivity index (χ4n) is 3.37. The molecule has 3 aromatic carbocycles. The molecule has 0 saturated heterocycles. The van der Waals surface area contributed by atoms with E-state index >= 15 is 0 Å². The van der Waals surface area contributed by atoms with Crippen LogP contribution < -0.4 is 19.6 Å². The molecule has 0 aliphatic rings. The number of benzene rings is 3. The van der Waals surface area contributed by atoms with Crippen molar-refractivity contribution < 1.29 is 27.4 Å². The molecule has 0 bridgehead atoms. The van der Waals surface area contributed by atoms with Gasteiger partial charge in [-0.05, 0) is 48.4 Å². The van der Waals surface area contributed by atoms with Crippen LogP contribution in [-0.4, -0.2) is 59.3 Å². The lowest BCUT2D eigenvalue weighted by Gasteiger charge is -2.21. The number of amides is 1. The van der Waals surface area contributed by atoms with E-state index in [1.54, 1.807) is 37.4 Å². The molecular weight excluding hydrogens is 482 g/mol. The van der Waals surface area contributed by atoms with E-state index in [1.807, 2.05) is 30.3 Å². The third-order valence-corrected chi connectivity index (χ3v) is 7.20. The molecule has 0 fully saturated rings. The molecule has 1 amide bonds. The standard InChI is InChI=1S/C26H29N3O6S/c1-33-22-11-13-24(14-12-22)36(31,32)29(16-15-20-7-5-4-6-8-20)19-26(30)28-27-18-21-9-10-23(34-2)17-25(21)35-3/h4-14,17-18H,15-16,19H2,1-3H3,(H,28,30)/b27-18-. The number of methoxy groups -OCH3 is 3. The van der Waals surface area contributed by atoms with Gasteiger partial charge in [-0.3, -0.25) is 4.79 Å². The average molecular weight is 512 g/mol. The normalized spacial score (nSPS) is 11.4. The highest BCUT2D eigenvalue weighted by Crippen LogP contribution is 2.23. The summed E-state index contributed by atoms with van der Waals surface area (Å²) in [6.45, 7) is -0.292. The van der Waals surface area contributed by atoms with Gasteiger partial charge < -0.3 is 14.2 Å². The number of hydrogen-bond acceptors (Lipinski definition) is 7. The van der Waals surface area contributed by atoms with Gasteiger partial charge in [0.2, 0.25) is 10.0 Å². The van der Waals surface area contributed by atoms with Crippen molar-refractivity contribution in [1.82, 2.24) is 9.73 Å². The van der Waals surface area contributed by atoms with Gasteiger partial charge in [0.1, 0.15) is 17.2 Å². The van der Waals surface area contributed by atoms with Crippen molar-refractivity contribution in [3.8, 4) is 17.2 Å². The molecule has 0 heterocycles. The molecule has 0 aliphatic carbocycles. The molecule has 1 N–H and O–H groups in total. The van der Waals surface area contributed by atoms with Gasteiger partial charge in [0.15, 0.2) is 0 Å². The van der Waals surface area contributed by atoms with E-state index in [1.165, 1.54) is 32.6 Å². The van der Waals surface area contributed by atoms with Crippen LogP contribution in [0.1, 0.15) is 11.1 Å². The summed E-state index contributed by atoms with van der Waals surface area (Å²) in [7, 11) is 0.608. The Balaban J connectivity index is 1.75. The third kappa shape index (κ3) is 7.06. The monoisotopic (exact) mass is 511 g/mol. The van der Waals surface area contributed by atoms with E-state index < -0.39 is 22.5 Å². The minimum Gasteiger partial charge on any atom is -0.497 e. The van der Waals surface area contributed by atoms with E-state index in [0.717, 1.165) is 9.87 Å². The van der Waals surface area contributed by atoms with Gasteiger partial charge in [-0.25, -0.2) is 13.8 Å². The predicted molar refractivity (Wildman–Crippen MR) is 137 cm³/mol. The van der Waals surface area contributed by atoms with Gasteiger partial charge in [0.05, 0.1) is 39.0 Å². The summed E-state index contributed by atoms with van der Waals surface area (Å²) in [5, 5.41) is 3.97. The number of carbonyl (C=O) groups excluding carboxylic acids is 1. The second-order valence-electron chi connectivity index (χ2n) is 7.65. The fraction of sp³-hybridized carbons (Fsp3) is 0.231. The van der Waals surface area contributed by atoms with Crippen LogP contribution in [0.2, 0.25) is 0 Å². The molecule has 190 valence electrons. The van der Waals surface area contributed by atoms with Crippen LogP contribution >= 0.6 is 0 Å². The highest BCUT2D eigenvalue weighted by Gasteiger charge is 2.26. The maximum atomic E-state index is 13.4. The zero-order chi connectivity index (χ0) is 26.0. The molecule has 0 aromatic heterocycles. The van der Waals surface area contributed by atoms with Crippen molar-refractivity contribution in [2.75, 3.05) is 34.4 Å². The Morgan fingerprint density at radius 2 is 1.58 bits per heavy atom. The minimum atomic E-state index is -3.96. The number of carbonyl (C=O) groups is 1. The third-order valence-electron chi connectivity index (χ3n) is 5.34. The first-order valence-electron chi connectivity index (χ1n) is 11.1. The summed E-state index contributed by atoms with van der Waals surface area (Å²) in [5.41, 5.74) is 3.97. The van der Waals surface area contributed by atoms with Crippen molar-refractivity contribution in [2.24, 2.45) is 5.10 Å². The largest absolute Gasteiger partial charge is 0.497 e. The van der Waals surface area contributed by atoms with Crippen molar-refractivity contribution in [1.29, 1.82) is 0 Å². The van der Waals surface area contributed by atoms with E-state index in [4.69, 9.17) is 14.2 Å². The molecule has 0 spiro atoms. The predicted octanol–water partition coefficient (Wildman–Crippen LogP) is 3.10. The molecule has 0 aliphatic heterocycles. The summed E-state index contributed by atoms with van der Waals surface area (Å²) in [6, 6.07) is 20.7. The topological polar surface area (TPSA) is 107 Å². The van der Waals surface area contributed by atoms with Crippen LogP contribution in [0.3, 0.4) is 0 Å². The van der Waals surface area contributed by atoms with E-state index in [0.29, 0.717) is 29.2 Å². The number of nitrogens with one attached hydrogen (secondary N) is 1. The summed E-state index contributed by atoms with van der Waals surface area (Å²) in [6.07, 6.45) is 1.86. The van der Waals surface area contributed by atoms with E-state index in [-0.39, 0.29) is 11.4 Å². The Morgan fingerprint density at radius 3 is 2.22 bits per heavy atom. The molecule has 0 radical (unpaired) electrons. The van der Waals surface area contributed by atoms with Crippen LogP contribution in [0.25, 0.3) is 0 Å². The lowest BCUT2D eigenvalue weighted by Crippen LogP contribution is -2.40. The zero-order valence-electron chi connectivity index (χ0n) is 20.4. The molecular formula is C26H29N3O6S. The maximum absolute atomic E-state index is 13.4. The number of hydrazone groups is 1. The molecule has 9 nitrogen and oxygen atoms in total. The minimum absolute atomic E-state index is 0.0654. The lowest BCUT2D eigenvalue weighted by molar-refractivity contribution is -0.121. The molecule has 3 rings (SSSR count). The van der Waals surface area contributed by atoms with Gasteiger partial charge in [-0.2, -0.15) is 9.41 Å². The second-order valence-corrected chi connectivity index (χ2v) is 9.59. The van der Waals surface area contributed by atoms with Crippen molar-refractivity contribution >= 4 is 22.1 Å². The highest BCUT2D eigenvalue weighted by molar-refractivity contribution is 7.89. The SMILES string of the molecule is COc1ccc(S(=O)(=O)N(CCc2ccccc2)CC(=O)N/N=C\c2ccc(OC)cc2OC)cc1. The molecule has 0 saturated carbocycles. The Hall–Kier alpha value is -3.89. The van der Waals surface area contributed by atoms with Gasteiger partial charge in [-0.15, -0.1) is 0 Å². The number of ether oxygens (including phenoxy) is 3. The van der Waals surface area contributed by atoms with Crippen molar-refractivity contribution in [3.63, 3.8) is 0 Å². The van der Waals surface area contributed by atoms with Gasteiger partial charge >= 0.3 is 0 Å². The van der Waals surface area contributed by atoms with Gasteiger partial charge in [0, 0.05) is 18.2 Å². The molecule has 3 aromatic rings. The molecule has 36 heavy (non-hydrogen) atoms. The summed E-state index contributed by atoms with van der Waals surface area (Å²) >= 11 is 0. The van der Waals surface area contributed by atoms with Crippen LogP contribution in [0.5, 0.6) is 17.2 Å². The Kier molecular flexibility index (Phi) is 9.43. The van der Waals surface area contributed by atoms with Crippen molar-refractivity contribution in [3.05, 3.63) is 83.9 Å². The summed E-state index contributed by atoms with van der Waals surface area (Å²) in [4.78, 5) is 12.8. The quantitative estimate of drug-likeness (QED) is 0.296. The smallest absolute Gasteiger partial charge is 0.255 e. The van der Waals surface area contributed by atoms with Crippen LogP contribution in [-0.2, 0) is 21.2 Å². The van der Waals surface area contributed by atoms with E-state index in [2.05, 4.69) is 10.5 Å². The fourth-order valence-corrected chi connectivity index (χ4v) is 4.77. The first kappa shape index (κ1) is 26.7. The number of hydrogen-bond donors (Lipinski definition) is 1. The Labute approximate surface area is 211 Å². The first-order valence-corrected chi connectivity index (χ1v) is 12.5. The number of sulfonamides is 1. The summed E-state index contributed by atoms with van der Waals surface area (Å²) < 4.78 is 43.5. The summed E-state index contributed by atoms with van der Waals surface area (Å²) in [5.74, 6) is 1.08. The van der Waals surface area contributed by atoms with Gasteiger partial charge in [0.25, 0.3) is 5.91 Å². The molecule has 0 unspecified atom stereocenters. The Bertz CT molecular complexity index is 1280. The first-order chi connectivity index (χ1) is 17.4. The molecule has 10 heteroatoms. The lowest BCUT2D eigenvalue weighted by atomic mass is 10.1. The number of nitrogens with zero attached hydrogens (tertiary/aromatic N) is 2.